The van der Waals surface area contributed by atoms with E-state index < -0.39 is 4.92 Å². The SMILES string of the molecule is O=C(C[n+]1cccc(O)c1)Nc1ccc([N+](=O)[O-])cc1Cl. The van der Waals surface area contributed by atoms with Crippen LogP contribution in [0.1, 0.15) is 0 Å². The number of non-ortho nitro benzene ring substituents is 1. The number of aromatic nitrogens is 1. The third-order valence-corrected chi connectivity index (χ3v) is 2.92. The molecule has 7 nitrogen and oxygen atoms in total. The molecule has 0 aliphatic rings. The van der Waals surface area contributed by atoms with Crippen molar-refractivity contribution in [2.45, 2.75) is 6.54 Å². The number of rotatable bonds is 4. The van der Waals surface area contributed by atoms with Gasteiger partial charge in [0, 0.05) is 18.2 Å². The number of nitro benzene ring substituents is 1. The average molecular weight is 309 g/mol. The molecule has 1 amide bonds. The fourth-order valence-corrected chi connectivity index (χ4v) is 1.90. The van der Waals surface area contributed by atoms with E-state index in [1.165, 1.54) is 35.0 Å². The Morgan fingerprint density at radius 2 is 2.19 bits per heavy atom. The van der Waals surface area contributed by atoms with E-state index in [9.17, 15) is 20.0 Å². The van der Waals surface area contributed by atoms with Crippen LogP contribution in [-0.4, -0.2) is 15.9 Å². The van der Waals surface area contributed by atoms with Crippen LogP contribution in [0, 0.1) is 10.1 Å². The number of benzene rings is 1. The summed E-state index contributed by atoms with van der Waals surface area (Å²) in [4.78, 5) is 21.9. The Bertz CT molecular complexity index is 706. The summed E-state index contributed by atoms with van der Waals surface area (Å²) >= 11 is 5.88. The normalized spacial score (nSPS) is 10.1. The molecular formula is C13H11ClN3O4+. The number of nitrogens with zero attached hydrogens (tertiary/aromatic N) is 2. The molecule has 8 heteroatoms. The summed E-state index contributed by atoms with van der Waals surface area (Å²) in [7, 11) is 0. The van der Waals surface area contributed by atoms with Gasteiger partial charge in [-0.25, -0.2) is 0 Å². The summed E-state index contributed by atoms with van der Waals surface area (Å²) < 4.78 is 1.49. The Morgan fingerprint density at radius 1 is 1.43 bits per heavy atom. The minimum Gasteiger partial charge on any atom is -0.503 e. The number of hydrogen-bond acceptors (Lipinski definition) is 4. The molecule has 0 spiro atoms. The lowest BCUT2D eigenvalue weighted by Crippen LogP contribution is -2.39. The first kappa shape index (κ1) is 14.7. The molecule has 2 rings (SSSR count). The monoisotopic (exact) mass is 308 g/mol. The lowest BCUT2D eigenvalue weighted by molar-refractivity contribution is -0.684. The molecule has 1 heterocycles. The number of carbonyl (C=O) groups is 1. The van der Waals surface area contributed by atoms with Crippen molar-refractivity contribution in [1.82, 2.24) is 0 Å². The number of pyridine rings is 1. The zero-order chi connectivity index (χ0) is 15.4. The molecule has 0 saturated carbocycles. The largest absolute Gasteiger partial charge is 0.503 e. The predicted molar refractivity (Wildman–Crippen MR) is 75.0 cm³/mol. The second-order valence-corrected chi connectivity index (χ2v) is 4.61. The topological polar surface area (TPSA) is 96.3 Å². The third-order valence-electron chi connectivity index (χ3n) is 2.61. The van der Waals surface area contributed by atoms with Crippen LogP contribution in [0.2, 0.25) is 5.02 Å². The maximum absolute atomic E-state index is 11.9. The summed E-state index contributed by atoms with van der Waals surface area (Å²) in [5.74, 6) is -0.333. The van der Waals surface area contributed by atoms with E-state index in [0.29, 0.717) is 0 Å². The van der Waals surface area contributed by atoms with Crippen LogP contribution in [0.5, 0.6) is 5.75 Å². The Balaban J connectivity index is 2.08. The number of hydrogen-bond donors (Lipinski definition) is 2. The summed E-state index contributed by atoms with van der Waals surface area (Å²) in [6.45, 7) is -0.0261. The molecule has 0 bridgehead atoms. The van der Waals surface area contributed by atoms with Crippen molar-refractivity contribution in [2.24, 2.45) is 0 Å². The van der Waals surface area contributed by atoms with Gasteiger partial charge in [-0.15, -0.1) is 0 Å². The number of nitro groups is 1. The Kier molecular flexibility index (Phi) is 4.34. The van der Waals surface area contributed by atoms with E-state index in [-0.39, 0.29) is 34.6 Å². The van der Waals surface area contributed by atoms with Crippen LogP contribution < -0.4 is 9.88 Å². The van der Waals surface area contributed by atoms with Crippen LogP contribution in [0.3, 0.4) is 0 Å². The standard InChI is InChI=1S/C13H10ClN3O4/c14-11-6-9(17(20)21)3-4-12(11)15-13(19)8-16-5-1-2-10(18)7-16/h1-7H,8H2,(H-,15,18,19)/p+1. The van der Waals surface area contributed by atoms with Crippen LogP contribution >= 0.6 is 11.6 Å². The van der Waals surface area contributed by atoms with Crippen molar-refractivity contribution in [3.05, 3.63) is 57.9 Å². The summed E-state index contributed by atoms with van der Waals surface area (Å²) in [6, 6.07) is 6.87. The summed E-state index contributed by atoms with van der Waals surface area (Å²) in [5.41, 5.74) is 0.133. The summed E-state index contributed by atoms with van der Waals surface area (Å²) in [5, 5.41) is 22.5. The maximum Gasteiger partial charge on any atom is 0.290 e. The molecule has 0 unspecified atom stereocenters. The summed E-state index contributed by atoms with van der Waals surface area (Å²) in [6.07, 6.45) is 3.02. The number of amides is 1. The van der Waals surface area contributed by atoms with Gasteiger partial charge in [0.05, 0.1) is 15.6 Å². The molecule has 0 saturated heterocycles. The molecule has 108 valence electrons. The van der Waals surface area contributed by atoms with E-state index >= 15 is 0 Å². The van der Waals surface area contributed by atoms with Crippen LogP contribution in [0.25, 0.3) is 0 Å². The lowest BCUT2D eigenvalue weighted by atomic mass is 10.3. The first-order valence-electron chi connectivity index (χ1n) is 5.87. The van der Waals surface area contributed by atoms with E-state index in [2.05, 4.69) is 5.32 Å². The molecule has 0 fully saturated rings. The molecule has 21 heavy (non-hydrogen) atoms. The highest BCUT2D eigenvalue weighted by Crippen LogP contribution is 2.26. The zero-order valence-corrected chi connectivity index (χ0v) is 11.4. The van der Waals surface area contributed by atoms with Gasteiger partial charge in [-0.2, -0.15) is 4.57 Å². The highest BCUT2D eigenvalue weighted by atomic mass is 35.5. The number of anilines is 1. The van der Waals surface area contributed by atoms with Gasteiger partial charge in [-0.05, 0) is 12.1 Å². The number of carbonyl (C=O) groups excluding carboxylic acids is 1. The fraction of sp³-hybridized carbons (Fsp3) is 0.0769. The van der Waals surface area contributed by atoms with Crippen molar-refractivity contribution >= 4 is 28.9 Å². The second-order valence-electron chi connectivity index (χ2n) is 4.20. The van der Waals surface area contributed by atoms with Crippen molar-refractivity contribution < 1.29 is 19.4 Å². The second kappa shape index (κ2) is 6.19. The van der Waals surface area contributed by atoms with E-state index in [4.69, 9.17) is 11.6 Å². The van der Waals surface area contributed by atoms with Gasteiger partial charge in [-0.1, -0.05) is 11.6 Å². The fourth-order valence-electron chi connectivity index (χ4n) is 1.68. The minimum absolute atomic E-state index is 0.0261. The third kappa shape index (κ3) is 3.90. The molecule has 0 aliphatic heterocycles. The number of halogens is 1. The molecule has 1 aromatic heterocycles. The first-order chi connectivity index (χ1) is 9.95. The van der Waals surface area contributed by atoms with Gasteiger partial charge in [0.25, 0.3) is 11.6 Å². The molecule has 0 atom stereocenters. The Labute approximate surface area is 124 Å². The van der Waals surface area contributed by atoms with Crippen molar-refractivity contribution in [1.29, 1.82) is 0 Å². The van der Waals surface area contributed by atoms with E-state index in [1.807, 2.05) is 0 Å². The van der Waals surface area contributed by atoms with Crippen LogP contribution in [0.15, 0.2) is 42.7 Å². The molecule has 0 aliphatic carbocycles. The molecule has 2 aromatic rings. The van der Waals surface area contributed by atoms with Crippen LogP contribution in [-0.2, 0) is 11.3 Å². The van der Waals surface area contributed by atoms with Gasteiger partial charge in [-0.3, -0.25) is 14.9 Å². The minimum atomic E-state index is -0.569. The lowest BCUT2D eigenvalue weighted by Gasteiger charge is -2.05. The van der Waals surface area contributed by atoms with Crippen molar-refractivity contribution in [2.75, 3.05) is 5.32 Å². The zero-order valence-electron chi connectivity index (χ0n) is 10.7. The smallest absolute Gasteiger partial charge is 0.290 e. The molecular weight excluding hydrogens is 298 g/mol. The van der Waals surface area contributed by atoms with E-state index in [0.717, 1.165) is 0 Å². The Morgan fingerprint density at radius 3 is 2.81 bits per heavy atom. The van der Waals surface area contributed by atoms with Gasteiger partial charge in [0.2, 0.25) is 12.7 Å². The average Bonchev–Trinajstić information content (AvgIpc) is 2.40. The first-order valence-corrected chi connectivity index (χ1v) is 6.25. The van der Waals surface area contributed by atoms with Gasteiger partial charge in [0.15, 0.2) is 11.9 Å². The molecule has 2 N–H and O–H groups in total. The van der Waals surface area contributed by atoms with Crippen LogP contribution in [0.4, 0.5) is 11.4 Å². The van der Waals surface area contributed by atoms with Gasteiger partial charge < -0.3 is 10.4 Å². The van der Waals surface area contributed by atoms with Gasteiger partial charge in [0.1, 0.15) is 0 Å². The number of aromatic hydroxyl groups is 1. The quantitative estimate of drug-likeness (QED) is 0.512. The predicted octanol–water partition coefficient (Wildman–Crippen LogP) is 1.88. The van der Waals surface area contributed by atoms with Crippen molar-refractivity contribution in [3.63, 3.8) is 0 Å². The highest BCUT2D eigenvalue weighted by Gasteiger charge is 2.14. The molecule has 0 radical (unpaired) electrons. The van der Waals surface area contributed by atoms with Crippen molar-refractivity contribution in [3.8, 4) is 5.75 Å². The highest BCUT2D eigenvalue weighted by molar-refractivity contribution is 6.33. The maximum atomic E-state index is 11.9. The van der Waals surface area contributed by atoms with Gasteiger partial charge >= 0.3 is 0 Å². The molecule has 1 aromatic carbocycles. The van der Waals surface area contributed by atoms with E-state index in [1.54, 1.807) is 12.3 Å². The Hall–Kier alpha value is -2.67. The number of nitrogens with one attached hydrogen (secondary N) is 1.